The molecule has 0 atom stereocenters. The largest absolute Gasteiger partial charge is 0.492 e. The number of hydrogen-bond acceptors (Lipinski definition) is 2. The van der Waals surface area contributed by atoms with E-state index in [2.05, 4.69) is 62.1 Å². The van der Waals surface area contributed by atoms with E-state index in [0.29, 0.717) is 0 Å². The molecule has 0 fully saturated rings. The second-order valence-electron chi connectivity index (χ2n) is 5.74. The Bertz CT molecular complexity index is 590. The molecule has 2 nitrogen and oxygen atoms in total. The number of benzene rings is 2. The van der Waals surface area contributed by atoms with Crippen molar-refractivity contribution in [3.05, 3.63) is 70.6 Å². The summed E-state index contributed by atoms with van der Waals surface area (Å²) in [6, 6.07) is 16.4. The van der Waals surface area contributed by atoms with E-state index < -0.39 is 0 Å². The van der Waals surface area contributed by atoms with E-state index in [1.54, 1.807) is 0 Å². The molecule has 0 bridgehead atoms. The first-order valence-electron chi connectivity index (χ1n) is 8.75. The summed E-state index contributed by atoms with van der Waals surface area (Å²) in [5.41, 5.74) is 2.45. The Hall–Kier alpha value is -1.51. The average molecular weight is 345 g/mol. The van der Waals surface area contributed by atoms with E-state index in [1.807, 2.05) is 12.1 Å². The molecule has 0 saturated heterocycles. The molecule has 0 heterocycles. The maximum Gasteiger partial charge on any atom is 0.119 e. The molecule has 0 aromatic heterocycles. The summed E-state index contributed by atoms with van der Waals surface area (Å²) in [5, 5.41) is 0.770. The third-order valence-corrected chi connectivity index (χ3v) is 4.57. The highest BCUT2D eigenvalue weighted by Crippen LogP contribution is 2.29. The predicted molar refractivity (Wildman–Crippen MR) is 103 cm³/mol. The Morgan fingerprint density at radius 1 is 0.875 bits per heavy atom. The molecule has 0 saturated carbocycles. The van der Waals surface area contributed by atoms with Gasteiger partial charge in [0, 0.05) is 17.5 Å². The molecule has 2 rings (SSSR count). The highest BCUT2D eigenvalue weighted by Gasteiger charge is 2.13. The second-order valence-corrected chi connectivity index (χ2v) is 6.18. The van der Waals surface area contributed by atoms with Gasteiger partial charge in [0.2, 0.25) is 0 Å². The van der Waals surface area contributed by atoms with Crippen LogP contribution in [0.2, 0.25) is 5.02 Å². The normalized spacial score (nSPS) is 11.2. The summed E-state index contributed by atoms with van der Waals surface area (Å²) >= 11 is 5.99. The van der Waals surface area contributed by atoms with Gasteiger partial charge in [0.1, 0.15) is 12.4 Å². The maximum atomic E-state index is 5.99. The summed E-state index contributed by atoms with van der Waals surface area (Å²) in [5.74, 6) is 2.25. The van der Waals surface area contributed by atoms with Crippen molar-refractivity contribution in [1.82, 2.24) is 4.90 Å². The molecular formula is C21H27ClNO. The van der Waals surface area contributed by atoms with Crippen LogP contribution in [0.5, 0.6) is 5.75 Å². The molecule has 0 aliphatic heterocycles. The molecular weight excluding hydrogens is 318 g/mol. The van der Waals surface area contributed by atoms with Gasteiger partial charge in [-0.15, -0.1) is 0 Å². The fourth-order valence-corrected chi connectivity index (χ4v) is 2.94. The number of ether oxygens (including phenoxy) is 1. The highest BCUT2D eigenvalue weighted by molar-refractivity contribution is 6.30. The van der Waals surface area contributed by atoms with Gasteiger partial charge in [0.15, 0.2) is 0 Å². The first-order chi connectivity index (χ1) is 11.7. The van der Waals surface area contributed by atoms with Crippen molar-refractivity contribution in [3.63, 3.8) is 0 Å². The Morgan fingerprint density at radius 2 is 1.42 bits per heavy atom. The molecule has 0 spiro atoms. The number of halogens is 1. The molecule has 0 aliphatic carbocycles. The van der Waals surface area contributed by atoms with Crippen LogP contribution in [-0.4, -0.2) is 31.1 Å². The summed E-state index contributed by atoms with van der Waals surface area (Å²) < 4.78 is 5.86. The number of likely N-dealkylation sites (N-methyl/N-ethyl adjacent to an activating group) is 1. The van der Waals surface area contributed by atoms with Crippen molar-refractivity contribution in [2.75, 3.05) is 26.2 Å². The Morgan fingerprint density at radius 3 is 1.92 bits per heavy atom. The van der Waals surface area contributed by atoms with Crippen LogP contribution >= 0.6 is 11.6 Å². The number of hydrogen-bond donors (Lipinski definition) is 0. The van der Waals surface area contributed by atoms with Crippen LogP contribution in [-0.2, 0) is 0 Å². The Labute approximate surface area is 151 Å². The Balaban J connectivity index is 1.98. The van der Waals surface area contributed by atoms with Gasteiger partial charge in [-0.2, -0.15) is 0 Å². The van der Waals surface area contributed by atoms with Crippen molar-refractivity contribution in [2.24, 2.45) is 0 Å². The van der Waals surface area contributed by atoms with Crippen LogP contribution in [0.25, 0.3) is 0 Å². The van der Waals surface area contributed by atoms with Crippen LogP contribution in [0, 0.1) is 5.92 Å². The lowest BCUT2D eigenvalue weighted by atomic mass is 9.89. The zero-order chi connectivity index (χ0) is 17.4. The molecule has 129 valence electrons. The third-order valence-electron chi connectivity index (χ3n) is 4.32. The first-order valence-corrected chi connectivity index (χ1v) is 9.13. The molecule has 24 heavy (non-hydrogen) atoms. The summed E-state index contributed by atoms with van der Waals surface area (Å²) in [6.45, 7) is 10.4. The quantitative estimate of drug-likeness (QED) is 0.600. The van der Waals surface area contributed by atoms with Crippen molar-refractivity contribution >= 4 is 11.6 Å². The van der Waals surface area contributed by atoms with Gasteiger partial charge in [0.25, 0.3) is 0 Å². The smallest absolute Gasteiger partial charge is 0.119 e. The number of nitrogens with zero attached hydrogens (tertiary/aromatic N) is 1. The molecule has 0 aliphatic rings. The predicted octanol–water partition coefficient (Wildman–Crippen LogP) is 5.44. The van der Waals surface area contributed by atoms with Gasteiger partial charge in [-0.3, -0.25) is 0 Å². The highest BCUT2D eigenvalue weighted by atomic mass is 35.5. The van der Waals surface area contributed by atoms with Crippen LogP contribution in [0.1, 0.15) is 38.3 Å². The van der Waals surface area contributed by atoms with E-state index >= 15 is 0 Å². The van der Waals surface area contributed by atoms with E-state index in [4.69, 9.17) is 16.3 Å². The zero-order valence-electron chi connectivity index (χ0n) is 14.9. The van der Waals surface area contributed by atoms with E-state index in [0.717, 1.165) is 43.4 Å². The van der Waals surface area contributed by atoms with Crippen LogP contribution in [0.15, 0.2) is 48.5 Å². The molecule has 3 heteroatoms. The molecule has 1 radical (unpaired) electrons. The van der Waals surface area contributed by atoms with Crippen molar-refractivity contribution < 1.29 is 4.74 Å². The van der Waals surface area contributed by atoms with Crippen LogP contribution < -0.4 is 4.74 Å². The van der Waals surface area contributed by atoms with Gasteiger partial charge >= 0.3 is 0 Å². The van der Waals surface area contributed by atoms with Gasteiger partial charge in [-0.25, -0.2) is 0 Å². The molecule has 0 unspecified atom stereocenters. The minimum atomic E-state index is 0.725. The van der Waals surface area contributed by atoms with Crippen LogP contribution in [0.4, 0.5) is 0 Å². The SMILES string of the molecule is CC[C](c1ccc(Cl)cc1)c1ccc(OCCN(CC)CC)cc1. The standard InChI is InChI=1S/C21H27ClNO/c1-4-21(17-7-11-19(22)12-8-17)18-9-13-20(14-10-18)24-16-15-23(5-2)6-3/h7-14H,4-6,15-16H2,1-3H3. The van der Waals surface area contributed by atoms with Gasteiger partial charge in [-0.1, -0.05) is 56.6 Å². The van der Waals surface area contributed by atoms with Crippen molar-refractivity contribution in [1.29, 1.82) is 0 Å². The van der Waals surface area contributed by atoms with E-state index in [-0.39, 0.29) is 0 Å². The minimum Gasteiger partial charge on any atom is -0.492 e. The molecule has 0 amide bonds. The molecule has 0 N–H and O–H groups in total. The minimum absolute atomic E-state index is 0.725. The van der Waals surface area contributed by atoms with Gasteiger partial charge in [-0.05, 0) is 54.9 Å². The summed E-state index contributed by atoms with van der Waals surface area (Å²) in [6.07, 6.45) is 0.976. The maximum absolute atomic E-state index is 5.99. The van der Waals surface area contributed by atoms with E-state index in [1.165, 1.54) is 17.0 Å². The lowest BCUT2D eigenvalue weighted by Crippen LogP contribution is -2.27. The van der Waals surface area contributed by atoms with Crippen molar-refractivity contribution in [2.45, 2.75) is 27.2 Å². The van der Waals surface area contributed by atoms with Crippen molar-refractivity contribution in [3.8, 4) is 5.75 Å². The lowest BCUT2D eigenvalue weighted by Gasteiger charge is -2.18. The lowest BCUT2D eigenvalue weighted by molar-refractivity contribution is 0.223. The average Bonchev–Trinajstić information content (AvgIpc) is 2.62. The van der Waals surface area contributed by atoms with E-state index in [9.17, 15) is 0 Å². The number of rotatable bonds is 9. The monoisotopic (exact) mass is 344 g/mol. The second kappa shape index (κ2) is 9.71. The fraction of sp³-hybridized carbons (Fsp3) is 0.381. The summed E-state index contributed by atoms with van der Waals surface area (Å²) in [7, 11) is 0. The third kappa shape index (κ3) is 5.25. The molecule has 2 aromatic carbocycles. The first kappa shape index (κ1) is 18.8. The topological polar surface area (TPSA) is 12.5 Å². The zero-order valence-corrected chi connectivity index (χ0v) is 15.6. The Kier molecular flexibility index (Phi) is 7.61. The van der Waals surface area contributed by atoms with Gasteiger partial charge < -0.3 is 9.64 Å². The summed E-state index contributed by atoms with van der Waals surface area (Å²) in [4.78, 5) is 2.36. The van der Waals surface area contributed by atoms with Gasteiger partial charge in [0.05, 0.1) is 0 Å². The fourth-order valence-electron chi connectivity index (χ4n) is 2.81. The molecule has 2 aromatic rings. The van der Waals surface area contributed by atoms with Crippen LogP contribution in [0.3, 0.4) is 0 Å².